The number of sulfone groups is 1. The van der Waals surface area contributed by atoms with Crippen LogP contribution in [0.5, 0.6) is 0 Å². The SMILES string of the molecule is CNC(=O)/C=C/c1ccc(-c2ccc([C@@]3(CC(=O)NO)CCCCS3(=O)=O)s2)cc1. The van der Waals surface area contributed by atoms with E-state index in [-0.39, 0.29) is 18.1 Å². The van der Waals surface area contributed by atoms with Crippen LogP contribution in [0.2, 0.25) is 0 Å². The van der Waals surface area contributed by atoms with Crippen LogP contribution >= 0.6 is 11.3 Å². The van der Waals surface area contributed by atoms with Crippen molar-refractivity contribution < 1.29 is 23.2 Å². The zero-order chi connectivity index (χ0) is 21.8. The first-order valence-electron chi connectivity index (χ1n) is 9.57. The molecule has 0 radical (unpaired) electrons. The molecule has 0 bridgehead atoms. The van der Waals surface area contributed by atoms with Gasteiger partial charge in [-0.05, 0) is 42.2 Å². The fourth-order valence-electron chi connectivity index (χ4n) is 3.67. The standard InChI is InChI=1S/C21H24N2O5S2/c1-22-19(24)11-6-15-4-7-16(8-5-15)17-9-10-18(29-17)21(14-20(25)23-26)12-2-3-13-30(21,27)28/h4-11,26H,2-3,12-14H2,1H3,(H,22,24)(H,23,25)/b11-6+/t21-/m0/s1. The number of carbonyl (C=O) groups excluding carboxylic acids is 2. The van der Waals surface area contributed by atoms with Crippen LogP contribution in [0.4, 0.5) is 0 Å². The molecule has 0 spiro atoms. The molecule has 7 nitrogen and oxygen atoms in total. The molecule has 9 heteroatoms. The highest BCUT2D eigenvalue weighted by molar-refractivity contribution is 7.92. The van der Waals surface area contributed by atoms with Crippen LogP contribution in [0.25, 0.3) is 16.5 Å². The third-order valence-corrected chi connectivity index (χ3v) is 9.39. The lowest BCUT2D eigenvalue weighted by molar-refractivity contribution is -0.130. The van der Waals surface area contributed by atoms with Crippen molar-refractivity contribution in [2.75, 3.05) is 12.8 Å². The lowest BCUT2D eigenvalue weighted by Crippen LogP contribution is -2.43. The number of likely N-dealkylation sites (N-methyl/N-ethyl adjacent to an activating group) is 1. The van der Waals surface area contributed by atoms with Crippen molar-refractivity contribution in [1.29, 1.82) is 0 Å². The van der Waals surface area contributed by atoms with Gasteiger partial charge in [0.25, 0.3) is 0 Å². The van der Waals surface area contributed by atoms with Crippen LogP contribution in [0, 0.1) is 0 Å². The minimum Gasteiger partial charge on any atom is -0.356 e. The molecule has 1 aromatic carbocycles. The molecule has 1 fully saturated rings. The summed E-state index contributed by atoms with van der Waals surface area (Å²) in [5, 5.41) is 11.5. The van der Waals surface area contributed by atoms with Crippen molar-refractivity contribution in [3.05, 3.63) is 52.9 Å². The Balaban J connectivity index is 1.92. The molecule has 160 valence electrons. The van der Waals surface area contributed by atoms with Crippen LogP contribution in [0.15, 0.2) is 42.5 Å². The Morgan fingerprint density at radius 1 is 1.17 bits per heavy atom. The van der Waals surface area contributed by atoms with Gasteiger partial charge in [-0.1, -0.05) is 30.7 Å². The molecule has 0 aliphatic carbocycles. The smallest absolute Gasteiger partial charge is 0.245 e. The lowest BCUT2D eigenvalue weighted by atomic mass is 9.94. The predicted molar refractivity (Wildman–Crippen MR) is 117 cm³/mol. The Labute approximate surface area is 179 Å². The Kier molecular flexibility index (Phi) is 6.74. The molecule has 1 aliphatic heterocycles. The van der Waals surface area contributed by atoms with Gasteiger partial charge >= 0.3 is 0 Å². The minimum atomic E-state index is -3.55. The van der Waals surface area contributed by atoms with E-state index in [1.165, 1.54) is 17.4 Å². The molecule has 0 unspecified atom stereocenters. The average Bonchev–Trinajstić information content (AvgIpc) is 3.24. The van der Waals surface area contributed by atoms with Gasteiger partial charge in [-0.15, -0.1) is 11.3 Å². The van der Waals surface area contributed by atoms with Crippen molar-refractivity contribution in [3.63, 3.8) is 0 Å². The van der Waals surface area contributed by atoms with Gasteiger partial charge in [-0.25, -0.2) is 13.9 Å². The molecule has 3 rings (SSSR count). The summed E-state index contributed by atoms with van der Waals surface area (Å²) in [7, 11) is -1.98. The highest BCUT2D eigenvalue weighted by atomic mass is 32.2. The number of hydrogen-bond donors (Lipinski definition) is 3. The van der Waals surface area contributed by atoms with Crippen LogP contribution in [-0.2, 0) is 24.2 Å². The second-order valence-electron chi connectivity index (χ2n) is 7.22. The maximum Gasteiger partial charge on any atom is 0.245 e. The second kappa shape index (κ2) is 9.11. The fourth-order valence-corrected chi connectivity index (χ4v) is 7.45. The summed E-state index contributed by atoms with van der Waals surface area (Å²) in [5.74, 6) is -0.860. The van der Waals surface area contributed by atoms with Crippen molar-refractivity contribution in [3.8, 4) is 10.4 Å². The normalized spacial score (nSPS) is 20.7. The van der Waals surface area contributed by atoms with E-state index in [9.17, 15) is 18.0 Å². The van der Waals surface area contributed by atoms with Gasteiger partial charge in [-0.2, -0.15) is 0 Å². The monoisotopic (exact) mass is 448 g/mol. The number of carbonyl (C=O) groups is 2. The minimum absolute atomic E-state index is 0.0330. The highest BCUT2D eigenvalue weighted by Crippen LogP contribution is 2.47. The summed E-state index contributed by atoms with van der Waals surface area (Å²) in [6.07, 6.45) is 4.49. The summed E-state index contributed by atoms with van der Waals surface area (Å²) < 4.78 is 24.7. The van der Waals surface area contributed by atoms with E-state index in [2.05, 4.69) is 5.32 Å². The van der Waals surface area contributed by atoms with Crippen LogP contribution < -0.4 is 10.8 Å². The Hall–Kier alpha value is -2.49. The summed E-state index contributed by atoms with van der Waals surface area (Å²) in [5.41, 5.74) is 3.36. The fraction of sp³-hybridized carbons (Fsp3) is 0.333. The number of hydrogen-bond acceptors (Lipinski definition) is 6. The summed E-state index contributed by atoms with van der Waals surface area (Å²) in [6, 6.07) is 11.2. The zero-order valence-corrected chi connectivity index (χ0v) is 18.2. The number of amides is 2. The van der Waals surface area contributed by atoms with Crippen LogP contribution in [0.1, 0.15) is 36.1 Å². The molecule has 2 heterocycles. The maximum absolute atomic E-state index is 13.0. The van der Waals surface area contributed by atoms with Crippen LogP contribution in [-0.4, -0.2) is 38.2 Å². The average molecular weight is 449 g/mol. The highest BCUT2D eigenvalue weighted by Gasteiger charge is 2.49. The first-order chi connectivity index (χ1) is 14.3. The molecule has 1 aliphatic rings. The summed E-state index contributed by atoms with van der Waals surface area (Å²) >= 11 is 1.35. The molecule has 1 atom stereocenters. The Morgan fingerprint density at radius 2 is 1.90 bits per heavy atom. The lowest BCUT2D eigenvalue weighted by Gasteiger charge is -2.35. The molecule has 2 amide bonds. The number of thiophene rings is 1. The molecule has 0 saturated carbocycles. The van der Waals surface area contributed by atoms with Crippen LogP contribution in [0.3, 0.4) is 0 Å². The van der Waals surface area contributed by atoms with Crippen molar-refractivity contribution in [1.82, 2.24) is 10.8 Å². The molecule has 30 heavy (non-hydrogen) atoms. The Bertz CT molecular complexity index is 1060. The van der Waals surface area contributed by atoms with Crippen molar-refractivity contribution in [2.24, 2.45) is 0 Å². The Morgan fingerprint density at radius 3 is 2.53 bits per heavy atom. The molecule has 3 N–H and O–H groups in total. The van der Waals surface area contributed by atoms with Crippen molar-refractivity contribution >= 4 is 39.1 Å². The van der Waals surface area contributed by atoms with E-state index in [1.54, 1.807) is 24.7 Å². The molecule has 1 saturated heterocycles. The van der Waals surface area contributed by atoms with E-state index in [0.29, 0.717) is 24.1 Å². The number of rotatable bonds is 6. The largest absolute Gasteiger partial charge is 0.356 e. The molecular weight excluding hydrogens is 424 g/mol. The third-order valence-electron chi connectivity index (χ3n) is 5.33. The maximum atomic E-state index is 13.0. The molecule has 2 aromatic rings. The first-order valence-corrected chi connectivity index (χ1v) is 12.0. The van der Waals surface area contributed by atoms with Gasteiger partial charge in [0, 0.05) is 22.9 Å². The summed E-state index contributed by atoms with van der Waals surface area (Å²) in [6.45, 7) is 0. The van der Waals surface area contributed by atoms with Gasteiger partial charge in [0.1, 0.15) is 4.75 Å². The van der Waals surface area contributed by atoms with E-state index in [4.69, 9.17) is 5.21 Å². The van der Waals surface area contributed by atoms with E-state index >= 15 is 0 Å². The van der Waals surface area contributed by atoms with E-state index < -0.39 is 20.5 Å². The second-order valence-corrected chi connectivity index (χ2v) is 10.7. The number of hydroxylamine groups is 1. The topological polar surface area (TPSA) is 113 Å². The van der Waals surface area contributed by atoms with E-state index in [0.717, 1.165) is 16.0 Å². The predicted octanol–water partition coefficient (Wildman–Crippen LogP) is 2.86. The van der Waals surface area contributed by atoms with Gasteiger partial charge in [-0.3, -0.25) is 14.8 Å². The molecule has 1 aromatic heterocycles. The van der Waals surface area contributed by atoms with Gasteiger partial charge in [0.2, 0.25) is 11.8 Å². The van der Waals surface area contributed by atoms with Gasteiger partial charge in [0.05, 0.1) is 12.2 Å². The number of benzene rings is 1. The van der Waals surface area contributed by atoms with Gasteiger partial charge < -0.3 is 5.32 Å². The quantitative estimate of drug-likeness (QED) is 0.357. The van der Waals surface area contributed by atoms with Crippen molar-refractivity contribution in [2.45, 2.75) is 30.4 Å². The molecular formula is C21H24N2O5S2. The van der Waals surface area contributed by atoms with Gasteiger partial charge in [0.15, 0.2) is 9.84 Å². The zero-order valence-electron chi connectivity index (χ0n) is 16.6. The number of nitrogens with one attached hydrogen (secondary N) is 2. The van der Waals surface area contributed by atoms with E-state index in [1.807, 2.05) is 30.3 Å². The first kappa shape index (κ1) is 22.2. The third kappa shape index (κ3) is 4.48. The summed E-state index contributed by atoms with van der Waals surface area (Å²) in [4.78, 5) is 24.8.